The van der Waals surface area contributed by atoms with Crippen LogP contribution in [0.3, 0.4) is 0 Å². The van der Waals surface area contributed by atoms with Gasteiger partial charge in [-0.05, 0) is 48.9 Å². The van der Waals surface area contributed by atoms with Gasteiger partial charge in [0.15, 0.2) is 16.6 Å². The lowest BCUT2D eigenvalue weighted by Crippen LogP contribution is -2.52. The largest absolute Gasteiger partial charge is 0.451 e. The third kappa shape index (κ3) is 7.16. The molecular formula is C28H31F3N4O6S. The first-order valence-corrected chi connectivity index (χ1v) is 14.7. The van der Waals surface area contributed by atoms with Gasteiger partial charge in [0, 0.05) is 18.1 Å². The van der Waals surface area contributed by atoms with Crippen LogP contribution in [0.5, 0.6) is 0 Å². The Balaban J connectivity index is 1.47. The second-order valence-corrected chi connectivity index (χ2v) is 12.7. The van der Waals surface area contributed by atoms with E-state index in [4.69, 9.17) is 4.42 Å². The summed E-state index contributed by atoms with van der Waals surface area (Å²) in [5.41, 5.74) is -0.593. The molecule has 1 aromatic carbocycles. The topological polar surface area (TPSA) is 139 Å². The van der Waals surface area contributed by atoms with Crippen molar-refractivity contribution in [3.05, 3.63) is 60.0 Å². The number of pyridine rings is 1. The fraction of sp³-hybridized carbons (Fsp3) is 0.429. The first-order chi connectivity index (χ1) is 19.6. The minimum absolute atomic E-state index is 0.00245. The van der Waals surface area contributed by atoms with Crippen LogP contribution in [0.15, 0.2) is 58.1 Å². The Hall–Kier alpha value is -3.78. The van der Waals surface area contributed by atoms with Gasteiger partial charge in [0.1, 0.15) is 11.6 Å². The smallest absolute Gasteiger partial charge is 0.417 e. The van der Waals surface area contributed by atoms with Crippen LogP contribution in [-0.4, -0.2) is 60.5 Å². The molecule has 2 N–H and O–H groups in total. The Labute approximate surface area is 240 Å². The van der Waals surface area contributed by atoms with E-state index < -0.39 is 68.9 Å². The SMILES string of the molecule is CC(C)C[C@H](NC(=O)c1cc2ccccc2o1)C(=O)N[C@H]1C[C@H](C)CN(S(=O)(=O)c2ccc(C(F)(F)F)cn2)CC1=O. The number of alkyl halides is 3. The first kappa shape index (κ1) is 31.2. The van der Waals surface area contributed by atoms with Crippen LogP contribution in [0, 0.1) is 11.8 Å². The molecule has 42 heavy (non-hydrogen) atoms. The number of nitrogens with one attached hydrogen (secondary N) is 2. The highest BCUT2D eigenvalue weighted by Crippen LogP contribution is 2.29. The molecule has 1 aliphatic heterocycles. The summed E-state index contributed by atoms with van der Waals surface area (Å²) >= 11 is 0. The van der Waals surface area contributed by atoms with E-state index >= 15 is 0 Å². The molecule has 0 bridgehead atoms. The summed E-state index contributed by atoms with van der Waals surface area (Å²) in [5.74, 6) is -2.20. The fourth-order valence-corrected chi connectivity index (χ4v) is 6.20. The van der Waals surface area contributed by atoms with Crippen LogP contribution in [-0.2, 0) is 25.8 Å². The predicted octanol–water partition coefficient (Wildman–Crippen LogP) is 3.78. The van der Waals surface area contributed by atoms with Gasteiger partial charge in [-0.2, -0.15) is 17.5 Å². The average Bonchev–Trinajstić information content (AvgIpc) is 3.29. The van der Waals surface area contributed by atoms with Crippen LogP contribution >= 0.6 is 0 Å². The summed E-state index contributed by atoms with van der Waals surface area (Å²) in [6, 6.07) is 7.92. The van der Waals surface area contributed by atoms with Crippen LogP contribution in [0.2, 0.25) is 0 Å². The molecule has 0 radical (unpaired) electrons. The Bertz CT molecular complexity index is 1540. The lowest BCUT2D eigenvalue weighted by atomic mass is 9.98. The highest BCUT2D eigenvalue weighted by molar-refractivity contribution is 7.89. The monoisotopic (exact) mass is 608 g/mol. The number of halogens is 3. The molecule has 3 atom stereocenters. The molecule has 1 fully saturated rings. The number of para-hydroxylation sites is 1. The van der Waals surface area contributed by atoms with Crippen molar-refractivity contribution in [2.75, 3.05) is 13.1 Å². The summed E-state index contributed by atoms with van der Waals surface area (Å²) < 4.78 is 71.5. The number of fused-ring (bicyclic) bond motifs is 1. The maximum atomic E-state index is 13.3. The fourth-order valence-electron chi connectivity index (χ4n) is 4.76. The number of carbonyl (C=O) groups excluding carboxylic acids is 3. The molecule has 2 aromatic heterocycles. The molecule has 226 valence electrons. The third-order valence-corrected chi connectivity index (χ3v) is 8.56. The van der Waals surface area contributed by atoms with E-state index in [1.165, 1.54) is 0 Å². The number of amides is 2. The van der Waals surface area contributed by atoms with E-state index in [-0.39, 0.29) is 31.1 Å². The van der Waals surface area contributed by atoms with Crippen molar-refractivity contribution in [3.8, 4) is 0 Å². The van der Waals surface area contributed by atoms with Crippen molar-refractivity contribution < 1.29 is 40.4 Å². The molecule has 3 aromatic rings. The van der Waals surface area contributed by atoms with E-state index in [0.29, 0.717) is 17.8 Å². The molecule has 0 unspecified atom stereocenters. The van der Waals surface area contributed by atoms with Crippen molar-refractivity contribution in [2.45, 2.75) is 56.9 Å². The first-order valence-electron chi connectivity index (χ1n) is 13.3. The van der Waals surface area contributed by atoms with Gasteiger partial charge in [-0.15, -0.1) is 0 Å². The van der Waals surface area contributed by atoms with E-state index in [0.717, 1.165) is 15.8 Å². The van der Waals surface area contributed by atoms with Crippen LogP contribution in [0.25, 0.3) is 11.0 Å². The van der Waals surface area contributed by atoms with Gasteiger partial charge < -0.3 is 15.1 Å². The number of Topliss-reactive ketones (excluding diaryl/α,β-unsaturated/α-hetero) is 1. The Morgan fingerprint density at radius 2 is 1.88 bits per heavy atom. The highest BCUT2D eigenvalue weighted by Gasteiger charge is 2.38. The molecule has 2 amide bonds. The van der Waals surface area contributed by atoms with Gasteiger partial charge in [0.05, 0.1) is 18.2 Å². The van der Waals surface area contributed by atoms with Gasteiger partial charge >= 0.3 is 6.18 Å². The lowest BCUT2D eigenvalue weighted by molar-refractivity contribution is -0.137. The highest BCUT2D eigenvalue weighted by atomic mass is 32.2. The zero-order valence-electron chi connectivity index (χ0n) is 23.1. The third-order valence-electron chi connectivity index (χ3n) is 6.84. The summed E-state index contributed by atoms with van der Waals surface area (Å²) in [5, 5.41) is 5.44. The predicted molar refractivity (Wildman–Crippen MR) is 146 cm³/mol. The summed E-state index contributed by atoms with van der Waals surface area (Å²) in [4.78, 5) is 42.9. The maximum Gasteiger partial charge on any atom is 0.417 e. The number of rotatable bonds is 8. The van der Waals surface area contributed by atoms with Crippen molar-refractivity contribution in [1.82, 2.24) is 19.9 Å². The van der Waals surface area contributed by atoms with E-state index in [2.05, 4.69) is 15.6 Å². The molecule has 3 heterocycles. The number of nitrogens with zero attached hydrogens (tertiary/aromatic N) is 2. The van der Waals surface area contributed by atoms with E-state index in [1.807, 2.05) is 13.8 Å². The zero-order valence-corrected chi connectivity index (χ0v) is 24.0. The molecule has 14 heteroatoms. The lowest BCUT2D eigenvalue weighted by Gasteiger charge is -2.23. The molecule has 10 nitrogen and oxygen atoms in total. The van der Waals surface area contributed by atoms with Crippen LogP contribution < -0.4 is 10.6 Å². The number of hydrogen-bond acceptors (Lipinski definition) is 7. The molecule has 0 saturated carbocycles. The Kier molecular flexibility index (Phi) is 9.06. The standard InChI is InChI=1S/C28H31F3N4O6S/c1-16(2)10-21(34-27(38)24-12-18-6-4-5-7-23(18)41-24)26(37)33-20-11-17(3)14-35(15-22(20)36)42(39,40)25-9-8-19(13-32-25)28(29,30)31/h4-9,12-13,16-17,20-21H,10-11,14-15H2,1-3H3,(H,33,37)(H,34,38)/t17-,20-,21-/m0/s1. The second-order valence-electron chi connectivity index (χ2n) is 10.9. The van der Waals surface area contributed by atoms with Gasteiger partial charge in [-0.25, -0.2) is 13.4 Å². The number of aromatic nitrogens is 1. The average molecular weight is 609 g/mol. The molecule has 0 aliphatic carbocycles. The van der Waals surface area contributed by atoms with E-state index in [1.54, 1.807) is 37.3 Å². The zero-order chi connectivity index (χ0) is 30.8. The van der Waals surface area contributed by atoms with Gasteiger partial charge in [0.2, 0.25) is 5.91 Å². The molecule has 4 rings (SSSR count). The van der Waals surface area contributed by atoms with Crippen molar-refractivity contribution in [3.63, 3.8) is 0 Å². The van der Waals surface area contributed by atoms with Gasteiger partial charge in [-0.3, -0.25) is 14.4 Å². The minimum atomic E-state index is -4.69. The number of furan rings is 1. The number of carbonyl (C=O) groups is 3. The quantitative estimate of drug-likeness (QED) is 0.397. The number of sulfonamides is 1. The second kappa shape index (κ2) is 12.2. The number of benzene rings is 1. The van der Waals surface area contributed by atoms with Gasteiger partial charge in [0.25, 0.3) is 15.9 Å². The summed E-state index contributed by atoms with van der Waals surface area (Å²) in [7, 11) is -4.40. The van der Waals surface area contributed by atoms with Crippen LogP contribution in [0.1, 0.15) is 49.7 Å². The molecule has 1 aliphatic rings. The number of hydrogen-bond donors (Lipinski definition) is 2. The van der Waals surface area contributed by atoms with Gasteiger partial charge in [-0.1, -0.05) is 39.0 Å². The van der Waals surface area contributed by atoms with Crippen molar-refractivity contribution >= 4 is 38.6 Å². The van der Waals surface area contributed by atoms with Crippen molar-refractivity contribution in [1.29, 1.82) is 0 Å². The molecule has 1 saturated heterocycles. The van der Waals surface area contributed by atoms with Crippen LogP contribution in [0.4, 0.5) is 13.2 Å². The Morgan fingerprint density at radius 3 is 2.50 bits per heavy atom. The minimum Gasteiger partial charge on any atom is -0.451 e. The summed E-state index contributed by atoms with van der Waals surface area (Å²) in [6.07, 6.45) is -3.89. The Morgan fingerprint density at radius 1 is 1.17 bits per heavy atom. The van der Waals surface area contributed by atoms with Crippen molar-refractivity contribution in [2.24, 2.45) is 11.8 Å². The molecular weight excluding hydrogens is 577 g/mol. The maximum absolute atomic E-state index is 13.3. The number of ketones is 1. The summed E-state index contributed by atoms with van der Waals surface area (Å²) in [6.45, 7) is 4.70. The van der Waals surface area contributed by atoms with E-state index in [9.17, 15) is 36.0 Å². The normalized spacial score (nSPS) is 19.5. The molecule has 0 spiro atoms.